The van der Waals surface area contributed by atoms with E-state index in [1.54, 1.807) is 6.26 Å². The van der Waals surface area contributed by atoms with Crippen molar-refractivity contribution in [1.82, 2.24) is 5.32 Å². The highest BCUT2D eigenvalue weighted by Gasteiger charge is 2.16. The van der Waals surface area contributed by atoms with Crippen molar-refractivity contribution in [1.29, 1.82) is 0 Å². The normalized spacial score (nSPS) is 12.7. The second-order valence-electron chi connectivity index (χ2n) is 5.38. The van der Waals surface area contributed by atoms with E-state index in [2.05, 4.69) is 60.8 Å². The standard InChI is InChI=1S/C19H21NO/c1-3-20-19(17-11-12-21-14(17)2)13-16-9-6-8-15-7-4-5-10-18(15)16/h4-12,19-20H,3,13H2,1-2H3. The molecule has 21 heavy (non-hydrogen) atoms. The van der Waals surface area contributed by atoms with E-state index in [0.29, 0.717) is 6.04 Å². The van der Waals surface area contributed by atoms with Crippen LogP contribution < -0.4 is 5.32 Å². The third-order valence-electron chi connectivity index (χ3n) is 4.03. The van der Waals surface area contributed by atoms with Crippen molar-refractivity contribution in [2.24, 2.45) is 0 Å². The van der Waals surface area contributed by atoms with Crippen molar-refractivity contribution in [3.63, 3.8) is 0 Å². The van der Waals surface area contributed by atoms with Crippen LogP contribution in [0.25, 0.3) is 10.8 Å². The zero-order valence-corrected chi connectivity index (χ0v) is 12.6. The van der Waals surface area contributed by atoms with Crippen LogP contribution in [-0.4, -0.2) is 6.54 Å². The van der Waals surface area contributed by atoms with Gasteiger partial charge in [0.05, 0.1) is 6.26 Å². The summed E-state index contributed by atoms with van der Waals surface area (Å²) in [6, 6.07) is 17.5. The van der Waals surface area contributed by atoms with Crippen molar-refractivity contribution < 1.29 is 4.42 Å². The molecule has 0 saturated heterocycles. The number of furan rings is 1. The molecule has 0 bridgehead atoms. The van der Waals surface area contributed by atoms with Crippen molar-refractivity contribution in [2.45, 2.75) is 26.3 Å². The van der Waals surface area contributed by atoms with Gasteiger partial charge < -0.3 is 9.73 Å². The smallest absolute Gasteiger partial charge is 0.105 e. The van der Waals surface area contributed by atoms with Crippen molar-refractivity contribution in [3.05, 3.63) is 71.7 Å². The minimum absolute atomic E-state index is 0.291. The van der Waals surface area contributed by atoms with Crippen LogP contribution in [0.15, 0.2) is 59.2 Å². The Balaban J connectivity index is 1.97. The van der Waals surface area contributed by atoms with E-state index in [-0.39, 0.29) is 0 Å². The molecule has 1 N–H and O–H groups in total. The topological polar surface area (TPSA) is 25.2 Å². The monoisotopic (exact) mass is 279 g/mol. The van der Waals surface area contributed by atoms with Crippen LogP contribution in [0.3, 0.4) is 0 Å². The number of fused-ring (bicyclic) bond motifs is 1. The van der Waals surface area contributed by atoms with Gasteiger partial charge in [-0.1, -0.05) is 49.4 Å². The molecule has 2 nitrogen and oxygen atoms in total. The SMILES string of the molecule is CCNC(Cc1cccc2ccccc12)c1ccoc1C. The number of nitrogens with one attached hydrogen (secondary N) is 1. The summed E-state index contributed by atoms with van der Waals surface area (Å²) in [6.07, 6.45) is 2.74. The third kappa shape index (κ3) is 2.86. The quantitative estimate of drug-likeness (QED) is 0.736. The molecule has 1 aromatic heterocycles. The highest BCUT2D eigenvalue weighted by Crippen LogP contribution is 2.26. The largest absolute Gasteiger partial charge is 0.469 e. The summed E-state index contributed by atoms with van der Waals surface area (Å²) < 4.78 is 5.48. The molecule has 3 aromatic rings. The molecule has 0 aliphatic rings. The maximum Gasteiger partial charge on any atom is 0.105 e. The minimum Gasteiger partial charge on any atom is -0.469 e. The lowest BCUT2D eigenvalue weighted by Gasteiger charge is -2.18. The highest BCUT2D eigenvalue weighted by atomic mass is 16.3. The molecule has 3 rings (SSSR count). The van der Waals surface area contributed by atoms with Gasteiger partial charge in [0.2, 0.25) is 0 Å². The van der Waals surface area contributed by atoms with E-state index in [0.717, 1.165) is 18.7 Å². The van der Waals surface area contributed by atoms with Crippen LogP contribution in [0.2, 0.25) is 0 Å². The highest BCUT2D eigenvalue weighted by molar-refractivity contribution is 5.85. The van der Waals surface area contributed by atoms with Crippen molar-refractivity contribution in [3.8, 4) is 0 Å². The number of hydrogen-bond acceptors (Lipinski definition) is 2. The van der Waals surface area contributed by atoms with Crippen LogP contribution in [0.4, 0.5) is 0 Å². The second kappa shape index (κ2) is 6.15. The molecule has 0 aliphatic heterocycles. The number of rotatable bonds is 5. The summed E-state index contributed by atoms with van der Waals surface area (Å²) in [4.78, 5) is 0. The van der Waals surface area contributed by atoms with Crippen molar-refractivity contribution >= 4 is 10.8 Å². The molecule has 0 radical (unpaired) electrons. The summed E-state index contributed by atoms with van der Waals surface area (Å²) in [7, 11) is 0. The average Bonchev–Trinajstić information content (AvgIpc) is 2.93. The Labute approximate surface area is 125 Å². The first kappa shape index (κ1) is 13.9. The summed E-state index contributed by atoms with van der Waals surface area (Å²) >= 11 is 0. The van der Waals surface area contributed by atoms with Gasteiger partial charge in [-0.15, -0.1) is 0 Å². The van der Waals surface area contributed by atoms with Crippen LogP contribution in [0.5, 0.6) is 0 Å². The van der Waals surface area contributed by atoms with Gasteiger partial charge in [0.25, 0.3) is 0 Å². The molecule has 1 atom stereocenters. The van der Waals surface area contributed by atoms with Gasteiger partial charge in [0.1, 0.15) is 5.76 Å². The Morgan fingerprint density at radius 1 is 1.05 bits per heavy atom. The first-order valence-electron chi connectivity index (χ1n) is 7.53. The number of aryl methyl sites for hydroxylation is 1. The molecule has 0 fully saturated rings. The molecule has 1 unspecified atom stereocenters. The van der Waals surface area contributed by atoms with E-state index < -0.39 is 0 Å². The molecule has 0 aliphatic carbocycles. The molecular weight excluding hydrogens is 258 g/mol. The van der Waals surface area contributed by atoms with Crippen LogP contribution in [-0.2, 0) is 6.42 Å². The summed E-state index contributed by atoms with van der Waals surface area (Å²) in [5.74, 6) is 1.00. The van der Waals surface area contributed by atoms with E-state index in [1.165, 1.54) is 21.9 Å². The van der Waals surface area contributed by atoms with Gasteiger partial charge >= 0.3 is 0 Å². The Morgan fingerprint density at radius 3 is 2.62 bits per heavy atom. The van der Waals surface area contributed by atoms with E-state index in [4.69, 9.17) is 4.42 Å². The van der Waals surface area contributed by atoms with Crippen LogP contribution in [0.1, 0.15) is 29.9 Å². The lowest BCUT2D eigenvalue weighted by atomic mass is 9.95. The van der Waals surface area contributed by atoms with Gasteiger partial charge in [-0.25, -0.2) is 0 Å². The fourth-order valence-electron chi connectivity index (χ4n) is 2.99. The minimum atomic E-state index is 0.291. The summed E-state index contributed by atoms with van der Waals surface area (Å²) in [5.41, 5.74) is 2.63. The maximum atomic E-state index is 5.48. The number of likely N-dealkylation sites (N-methyl/N-ethyl adjacent to an activating group) is 1. The fourth-order valence-corrected chi connectivity index (χ4v) is 2.99. The molecule has 108 valence electrons. The Morgan fingerprint density at radius 2 is 1.86 bits per heavy atom. The number of benzene rings is 2. The van der Waals surface area contributed by atoms with Gasteiger partial charge in [-0.05, 0) is 42.3 Å². The Bertz CT molecular complexity index is 724. The lowest BCUT2D eigenvalue weighted by Crippen LogP contribution is -2.23. The van der Waals surface area contributed by atoms with Crippen LogP contribution in [0, 0.1) is 6.92 Å². The van der Waals surface area contributed by atoms with Crippen LogP contribution >= 0.6 is 0 Å². The third-order valence-corrected chi connectivity index (χ3v) is 4.03. The predicted molar refractivity (Wildman–Crippen MR) is 87.5 cm³/mol. The van der Waals surface area contributed by atoms with Gasteiger partial charge in [-0.3, -0.25) is 0 Å². The van der Waals surface area contributed by atoms with E-state index in [9.17, 15) is 0 Å². The average molecular weight is 279 g/mol. The lowest BCUT2D eigenvalue weighted by molar-refractivity contribution is 0.502. The molecular formula is C19H21NO. The Kier molecular flexibility index (Phi) is 4.07. The molecule has 2 aromatic carbocycles. The molecule has 2 heteroatoms. The molecule has 0 amide bonds. The molecule has 0 spiro atoms. The number of hydrogen-bond donors (Lipinski definition) is 1. The van der Waals surface area contributed by atoms with E-state index >= 15 is 0 Å². The zero-order valence-electron chi connectivity index (χ0n) is 12.6. The zero-order chi connectivity index (χ0) is 14.7. The fraction of sp³-hybridized carbons (Fsp3) is 0.263. The first-order valence-corrected chi connectivity index (χ1v) is 7.53. The second-order valence-corrected chi connectivity index (χ2v) is 5.38. The van der Waals surface area contributed by atoms with Gasteiger partial charge in [0, 0.05) is 11.6 Å². The summed E-state index contributed by atoms with van der Waals surface area (Å²) in [6.45, 7) is 5.12. The molecule has 0 saturated carbocycles. The molecule has 1 heterocycles. The first-order chi connectivity index (χ1) is 10.3. The Hall–Kier alpha value is -2.06. The van der Waals surface area contributed by atoms with Crippen molar-refractivity contribution in [2.75, 3.05) is 6.54 Å². The van der Waals surface area contributed by atoms with Gasteiger partial charge in [-0.2, -0.15) is 0 Å². The van der Waals surface area contributed by atoms with E-state index in [1.807, 2.05) is 6.92 Å². The summed E-state index contributed by atoms with van der Waals surface area (Å²) in [5, 5.41) is 6.22. The maximum absolute atomic E-state index is 5.48. The van der Waals surface area contributed by atoms with Gasteiger partial charge in [0.15, 0.2) is 0 Å². The predicted octanol–water partition coefficient (Wildman–Crippen LogP) is 4.63.